The Morgan fingerprint density at radius 1 is 1.30 bits per heavy atom. The predicted octanol–water partition coefficient (Wildman–Crippen LogP) is 3.13. The molecule has 1 aromatic carbocycles. The fourth-order valence-corrected chi connectivity index (χ4v) is 2.14. The van der Waals surface area contributed by atoms with Gasteiger partial charge in [0.2, 0.25) is 0 Å². The van der Waals surface area contributed by atoms with Gasteiger partial charge in [-0.3, -0.25) is 0 Å². The van der Waals surface area contributed by atoms with Gasteiger partial charge >= 0.3 is 0 Å². The van der Waals surface area contributed by atoms with E-state index in [0.717, 1.165) is 22.6 Å². The van der Waals surface area contributed by atoms with Gasteiger partial charge in [0.05, 0.1) is 23.9 Å². The number of imidazole rings is 1. The third kappa shape index (κ3) is 2.34. The van der Waals surface area contributed by atoms with Crippen LogP contribution in [0.25, 0.3) is 5.65 Å². The second kappa shape index (κ2) is 5.06. The van der Waals surface area contributed by atoms with E-state index in [1.807, 2.05) is 60.1 Å². The maximum absolute atomic E-state index is 8.94. The number of aromatic nitrogens is 2. The van der Waals surface area contributed by atoms with E-state index >= 15 is 0 Å². The fourth-order valence-electron chi connectivity index (χ4n) is 2.14. The Hall–Kier alpha value is -2.80. The number of hydrogen-bond acceptors (Lipinski definition) is 3. The van der Waals surface area contributed by atoms with E-state index in [-0.39, 0.29) is 0 Å². The molecule has 0 saturated carbocycles. The number of pyridine rings is 1. The first-order chi connectivity index (χ1) is 9.76. The van der Waals surface area contributed by atoms with Crippen LogP contribution in [0.1, 0.15) is 16.8 Å². The maximum Gasteiger partial charge on any atom is 0.137 e. The first-order valence-corrected chi connectivity index (χ1v) is 6.43. The van der Waals surface area contributed by atoms with Gasteiger partial charge in [-0.25, -0.2) is 4.98 Å². The average molecular weight is 262 g/mol. The number of aryl methyl sites for hydroxylation is 1. The van der Waals surface area contributed by atoms with Gasteiger partial charge in [-0.15, -0.1) is 0 Å². The monoisotopic (exact) mass is 262 g/mol. The van der Waals surface area contributed by atoms with Crippen molar-refractivity contribution in [1.29, 1.82) is 5.26 Å². The van der Waals surface area contributed by atoms with Crippen molar-refractivity contribution in [3.63, 3.8) is 0 Å². The van der Waals surface area contributed by atoms with Crippen LogP contribution >= 0.6 is 0 Å². The minimum absolute atomic E-state index is 0.636. The van der Waals surface area contributed by atoms with Crippen molar-refractivity contribution < 1.29 is 0 Å². The molecule has 0 bridgehead atoms. The van der Waals surface area contributed by atoms with E-state index in [1.54, 1.807) is 0 Å². The van der Waals surface area contributed by atoms with Crippen molar-refractivity contribution in [2.24, 2.45) is 0 Å². The zero-order valence-corrected chi connectivity index (χ0v) is 11.2. The first-order valence-electron chi connectivity index (χ1n) is 6.43. The van der Waals surface area contributed by atoms with Gasteiger partial charge in [0.1, 0.15) is 5.65 Å². The van der Waals surface area contributed by atoms with Gasteiger partial charge < -0.3 is 9.72 Å². The summed E-state index contributed by atoms with van der Waals surface area (Å²) in [4.78, 5) is 4.54. The summed E-state index contributed by atoms with van der Waals surface area (Å²) in [6.07, 6.45) is 3.99. The molecule has 0 unspecified atom stereocenters. The van der Waals surface area contributed by atoms with Crippen LogP contribution in [-0.4, -0.2) is 9.38 Å². The highest BCUT2D eigenvalue weighted by atomic mass is 15.0. The van der Waals surface area contributed by atoms with Gasteiger partial charge in [0.25, 0.3) is 0 Å². The van der Waals surface area contributed by atoms with E-state index < -0.39 is 0 Å². The molecule has 2 heterocycles. The molecule has 1 N–H and O–H groups in total. The molecule has 3 rings (SSSR count). The molecular formula is C16H14N4. The number of nitrogens with zero attached hydrogens (tertiary/aromatic N) is 3. The highest BCUT2D eigenvalue weighted by molar-refractivity contribution is 5.55. The smallest absolute Gasteiger partial charge is 0.137 e. The number of anilines is 1. The van der Waals surface area contributed by atoms with Gasteiger partial charge in [-0.2, -0.15) is 5.26 Å². The topological polar surface area (TPSA) is 53.1 Å². The van der Waals surface area contributed by atoms with Crippen molar-refractivity contribution in [3.8, 4) is 6.07 Å². The maximum atomic E-state index is 8.94. The standard InChI is InChI=1S/C16H14N4/c1-12-5-6-13(9-17)8-15(12)18-10-14-11-20-7-3-2-4-16(20)19-14/h2-8,11,18H,10H2,1H3. The number of fused-ring (bicyclic) bond motifs is 1. The molecule has 98 valence electrons. The molecule has 3 aromatic rings. The Balaban J connectivity index is 1.81. The number of hydrogen-bond donors (Lipinski definition) is 1. The quantitative estimate of drug-likeness (QED) is 0.789. The summed E-state index contributed by atoms with van der Waals surface area (Å²) in [6.45, 7) is 2.66. The fraction of sp³-hybridized carbons (Fsp3) is 0.125. The molecule has 0 amide bonds. The normalized spacial score (nSPS) is 10.4. The van der Waals surface area contributed by atoms with Crippen LogP contribution in [0.2, 0.25) is 0 Å². The van der Waals surface area contributed by atoms with Crippen LogP contribution in [0.4, 0.5) is 5.69 Å². The van der Waals surface area contributed by atoms with E-state index in [9.17, 15) is 0 Å². The lowest BCUT2D eigenvalue weighted by Crippen LogP contribution is -2.01. The van der Waals surface area contributed by atoms with E-state index in [1.165, 1.54) is 0 Å². The largest absolute Gasteiger partial charge is 0.379 e. The van der Waals surface area contributed by atoms with E-state index in [0.29, 0.717) is 12.1 Å². The second-order valence-corrected chi connectivity index (χ2v) is 4.69. The minimum Gasteiger partial charge on any atom is -0.379 e. The van der Waals surface area contributed by atoms with Gasteiger partial charge in [0.15, 0.2) is 0 Å². The Bertz CT molecular complexity index is 763. The Morgan fingerprint density at radius 2 is 2.20 bits per heavy atom. The van der Waals surface area contributed by atoms with Crippen LogP contribution < -0.4 is 5.32 Å². The lowest BCUT2D eigenvalue weighted by Gasteiger charge is -2.08. The van der Waals surface area contributed by atoms with Crippen LogP contribution in [0.15, 0.2) is 48.8 Å². The summed E-state index contributed by atoms with van der Waals surface area (Å²) in [5.74, 6) is 0. The summed E-state index contributed by atoms with van der Waals surface area (Å²) < 4.78 is 2.00. The van der Waals surface area contributed by atoms with Crippen molar-refractivity contribution in [3.05, 3.63) is 65.6 Å². The zero-order chi connectivity index (χ0) is 13.9. The summed E-state index contributed by atoms with van der Waals surface area (Å²) >= 11 is 0. The average Bonchev–Trinajstić information content (AvgIpc) is 2.89. The van der Waals surface area contributed by atoms with Gasteiger partial charge in [0, 0.05) is 18.1 Å². The molecule has 0 radical (unpaired) electrons. The van der Waals surface area contributed by atoms with Crippen LogP contribution in [0.3, 0.4) is 0 Å². The molecule has 2 aromatic heterocycles. The Labute approximate surface area is 117 Å². The molecule has 0 atom stereocenters. The molecular weight excluding hydrogens is 248 g/mol. The third-order valence-corrected chi connectivity index (χ3v) is 3.24. The molecule has 0 aliphatic rings. The Kier molecular flexibility index (Phi) is 3.10. The first kappa shape index (κ1) is 12.2. The molecule has 0 aliphatic heterocycles. The lowest BCUT2D eigenvalue weighted by molar-refractivity contribution is 1.07. The molecule has 20 heavy (non-hydrogen) atoms. The van der Waals surface area contributed by atoms with Crippen LogP contribution in [0.5, 0.6) is 0 Å². The van der Waals surface area contributed by atoms with Gasteiger partial charge in [-0.1, -0.05) is 12.1 Å². The Morgan fingerprint density at radius 3 is 3.00 bits per heavy atom. The molecule has 0 aliphatic carbocycles. The summed E-state index contributed by atoms with van der Waals surface area (Å²) in [6, 6.07) is 13.7. The second-order valence-electron chi connectivity index (χ2n) is 4.69. The molecule has 0 saturated heterocycles. The minimum atomic E-state index is 0.636. The summed E-state index contributed by atoms with van der Waals surface area (Å²) in [7, 11) is 0. The summed E-state index contributed by atoms with van der Waals surface area (Å²) in [5.41, 5.74) is 4.66. The van der Waals surface area contributed by atoms with Gasteiger partial charge in [-0.05, 0) is 36.8 Å². The predicted molar refractivity (Wildman–Crippen MR) is 78.4 cm³/mol. The van der Waals surface area contributed by atoms with Crippen molar-refractivity contribution >= 4 is 11.3 Å². The molecule has 0 spiro atoms. The highest BCUT2D eigenvalue weighted by Crippen LogP contribution is 2.17. The SMILES string of the molecule is Cc1ccc(C#N)cc1NCc1cn2ccccc2n1. The number of nitriles is 1. The van der Waals surface area contributed by atoms with E-state index in [2.05, 4.69) is 16.4 Å². The summed E-state index contributed by atoms with van der Waals surface area (Å²) in [5, 5.41) is 12.3. The van der Waals surface area contributed by atoms with Crippen LogP contribution in [-0.2, 0) is 6.54 Å². The molecule has 4 heteroatoms. The van der Waals surface area contributed by atoms with E-state index in [4.69, 9.17) is 5.26 Å². The molecule has 0 fully saturated rings. The lowest BCUT2D eigenvalue weighted by atomic mass is 10.1. The molecule has 4 nitrogen and oxygen atoms in total. The van der Waals surface area contributed by atoms with Crippen molar-refractivity contribution in [2.45, 2.75) is 13.5 Å². The number of nitrogens with one attached hydrogen (secondary N) is 1. The number of benzene rings is 1. The van der Waals surface area contributed by atoms with Crippen LogP contribution in [0, 0.1) is 18.3 Å². The van der Waals surface area contributed by atoms with Crippen molar-refractivity contribution in [2.75, 3.05) is 5.32 Å². The zero-order valence-electron chi connectivity index (χ0n) is 11.2. The van der Waals surface area contributed by atoms with Crippen molar-refractivity contribution in [1.82, 2.24) is 9.38 Å². The number of rotatable bonds is 3. The highest BCUT2D eigenvalue weighted by Gasteiger charge is 2.03. The third-order valence-electron chi connectivity index (χ3n) is 3.24.